The summed E-state index contributed by atoms with van der Waals surface area (Å²) in [5.74, 6) is 0.747. The molecule has 0 amide bonds. The second kappa shape index (κ2) is 6.35. The summed E-state index contributed by atoms with van der Waals surface area (Å²) in [7, 11) is -3.31. The number of nitrogens with one attached hydrogen (secondary N) is 2. The van der Waals surface area contributed by atoms with E-state index in [0.29, 0.717) is 10.8 Å². The van der Waals surface area contributed by atoms with Gasteiger partial charge in [-0.15, -0.1) is 11.3 Å². The van der Waals surface area contributed by atoms with E-state index in [1.165, 1.54) is 24.2 Å². The molecule has 0 bridgehead atoms. The summed E-state index contributed by atoms with van der Waals surface area (Å²) in [6.45, 7) is 6.20. The molecule has 1 fully saturated rings. The minimum Gasteiger partial charge on any atom is -0.312 e. The average Bonchev–Trinajstić information content (AvgIpc) is 3.09. The van der Waals surface area contributed by atoms with Crippen molar-refractivity contribution in [1.29, 1.82) is 0 Å². The van der Waals surface area contributed by atoms with E-state index in [2.05, 4.69) is 10.0 Å². The number of hydrogen-bond acceptors (Lipinski definition) is 4. The third-order valence-corrected chi connectivity index (χ3v) is 6.51. The third-order valence-electron chi connectivity index (χ3n) is 3.34. The standard InChI is InChI=1S/C13H22N2O2S2/c1-3-14-9-12-10(2)8-13(18-12)19(16,17)15-7-6-11-4-5-11/h8,11,14-15H,3-7,9H2,1-2H3. The maximum Gasteiger partial charge on any atom is 0.250 e. The molecule has 1 aromatic rings. The van der Waals surface area contributed by atoms with Crippen molar-refractivity contribution in [1.82, 2.24) is 10.0 Å². The van der Waals surface area contributed by atoms with Crippen molar-refractivity contribution in [3.8, 4) is 0 Å². The van der Waals surface area contributed by atoms with Crippen LogP contribution in [0.15, 0.2) is 10.3 Å². The summed E-state index contributed by atoms with van der Waals surface area (Å²) in [5.41, 5.74) is 1.05. The molecule has 108 valence electrons. The van der Waals surface area contributed by atoms with Gasteiger partial charge in [-0.3, -0.25) is 0 Å². The van der Waals surface area contributed by atoms with Crippen LogP contribution in [0.3, 0.4) is 0 Å². The highest BCUT2D eigenvalue weighted by Gasteiger charge is 2.23. The minimum atomic E-state index is -3.31. The van der Waals surface area contributed by atoms with Crippen LogP contribution in [0.25, 0.3) is 0 Å². The van der Waals surface area contributed by atoms with Crippen LogP contribution in [-0.2, 0) is 16.6 Å². The molecule has 0 aromatic carbocycles. The van der Waals surface area contributed by atoms with Gasteiger partial charge in [-0.1, -0.05) is 19.8 Å². The summed E-state index contributed by atoms with van der Waals surface area (Å²) in [4.78, 5) is 1.10. The highest BCUT2D eigenvalue weighted by Crippen LogP contribution is 2.32. The van der Waals surface area contributed by atoms with Gasteiger partial charge >= 0.3 is 0 Å². The Morgan fingerprint density at radius 1 is 1.42 bits per heavy atom. The predicted molar refractivity (Wildman–Crippen MR) is 79.0 cm³/mol. The lowest BCUT2D eigenvalue weighted by Gasteiger charge is -2.03. The van der Waals surface area contributed by atoms with Crippen LogP contribution in [0.5, 0.6) is 0 Å². The highest BCUT2D eigenvalue weighted by atomic mass is 32.2. The van der Waals surface area contributed by atoms with Gasteiger partial charge in [-0.05, 0) is 37.4 Å². The molecule has 2 N–H and O–H groups in total. The smallest absolute Gasteiger partial charge is 0.250 e. The molecule has 0 aliphatic heterocycles. The van der Waals surface area contributed by atoms with Crippen molar-refractivity contribution in [2.75, 3.05) is 13.1 Å². The van der Waals surface area contributed by atoms with E-state index in [4.69, 9.17) is 0 Å². The zero-order chi connectivity index (χ0) is 13.9. The fourth-order valence-electron chi connectivity index (χ4n) is 1.91. The summed E-state index contributed by atoms with van der Waals surface area (Å²) in [5, 5.41) is 3.23. The van der Waals surface area contributed by atoms with E-state index in [1.54, 1.807) is 6.07 Å². The second-order valence-electron chi connectivity index (χ2n) is 5.08. The number of hydrogen-bond donors (Lipinski definition) is 2. The molecular weight excluding hydrogens is 280 g/mol. The van der Waals surface area contributed by atoms with Gasteiger partial charge in [0.1, 0.15) is 4.21 Å². The second-order valence-corrected chi connectivity index (χ2v) is 8.21. The highest BCUT2D eigenvalue weighted by molar-refractivity contribution is 7.91. The van der Waals surface area contributed by atoms with Crippen LogP contribution in [0.1, 0.15) is 36.6 Å². The fraction of sp³-hybridized carbons (Fsp3) is 0.692. The number of sulfonamides is 1. The molecule has 1 aliphatic carbocycles. The van der Waals surface area contributed by atoms with Gasteiger partial charge in [-0.2, -0.15) is 0 Å². The molecule has 19 heavy (non-hydrogen) atoms. The number of thiophene rings is 1. The lowest BCUT2D eigenvalue weighted by Crippen LogP contribution is -2.24. The van der Waals surface area contributed by atoms with E-state index in [9.17, 15) is 8.42 Å². The Hall–Kier alpha value is -0.430. The Kier molecular flexibility index (Phi) is 5.00. The lowest BCUT2D eigenvalue weighted by atomic mass is 10.3. The van der Waals surface area contributed by atoms with E-state index >= 15 is 0 Å². The molecule has 0 atom stereocenters. The SMILES string of the molecule is CCNCc1sc(S(=O)(=O)NCCC2CC2)cc1C. The molecular formula is C13H22N2O2S2. The van der Waals surface area contributed by atoms with Crippen molar-refractivity contribution in [3.05, 3.63) is 16.5 Å². The van der Waals surface area contributed by atoms with Crippen LogP contribution < -0.4 is 10.0 Å². The van der Waals surface area contributed by atoms with Crippen LogP contribution in [-0.4, -0.2) is 21.5 Å². The summed E-state index contributed by atoms with van der Waals surface area (Å²) in [6.07, 6.45) is 3.48. The molecule has 6 heteroatoms. The predicted octanol–water partition coefficient (Wildman–Crippen LogP) is 2.24. The molecule has 1 heterocycles. The molecule has 0 radical (unpaired) electrons. The Morgan fingerprint density at radius 2 is 2.16 bits per heavy atom. The molecule has 1 aromatic heterocycles. The molecule has 1 saturated carbocycles. The van der Waals surface area contributed by atoms with E-state index in [0.717, 1.165) is 35.9 Å². The van der Waals surface area contributed by atoms with Gasteiger partial charge in [0, 0.05) is 18.0 Å². The maximum absolute atomic E-state index is 12.2. The number of rotatable bonds is 8. The molecule has 0 spiro atoms. The summed E-state index contributed by atoms with van der Waals surface area (Å²) < 4.78 is 27.4. The topological polar surface area (TPSA) is 58.2 Å². The summed E-state index contributed by atoms with van der Waals surface area (Å²) >= 11 is 1.37. The van der Waals surface area contributed by atoms with E-state index in [1.807, 2.05) is 13.8 Å². The fourth-order valence-corrected chi connectivity index (χ4v) is 4.56. The quantitative estimate of drug-likeness (QED) is 0.774. The van der Waals surface area contributed by atoms with Gasteiger partial charge in [0.25, 0.3) is 0 Å². The first-order chi connectivity index (χ1) is 9.03. The number of aryl methyl sites for hydroxylation is 1. The Labute approximate surface area is 119 Å². The largest absolute Gasteiger partial charge is 0.312 e. The first-order valence-electron chi connectivity index (χ1n) is 6.82. The Morgan fingerprint density at radius 3 is 2.79 bits per heavy atom. The van der Waals surface area contributed by atoms with Gasteiger partial charge in [0.05, 0.1) is 0 Å². The van der Waals surface area contributed by atoms with E-state index < -0.39 is 10.0 Å². The molecule has 0 unspecified atom stereocenters. The normalized spacial score (nSPS) is 15.9. The first kappa shape index (κ1) is 15.0. The van der Waals surface area contributed by atoms with Crippen molar-refractivity contribution in [2.24, 2.45) is 5.92 Å². The lowest BCUT2D eigenvalue weighted by molar-refractivity contribution is 0.577. The first-order valence-corrected chi connectivity index (χ1v) is 9.12. The van der Waals surface area contributed by atoms with Crippen molar-refractivity contribution < 1.29 is 8.42 Å². The van der Waals surface area contributed by atoms with Crippen LogP contribution >= 0.6 is 11.3 Å². The van der Waals surface area contributed by atoms with Crippen molar-refractivity contribution in [3.63, 3.8) is 0 Å². The minimum absolute atomic E-state index is 0.439. The zero-order valence-corrected chi connectivity index (χ0v) is 13.2. The van der Waals surface area contributed by atoms with Crippen molar-refractivity contribution >= 4 is 21.4 Å². The maximum atomic E-state index is 12.2. The average molecular weight is 302 g/mol. The molecule has 4 nitrogen and oxygen atoms in total. The van der Waals surface area contributed by atoms with Crippen LogP contribution in [0, 0.1) is 12.8 Å². The Balaban J connectivity index is 1.97. The van der Waals surface area contributed by atoms with Gasteiger partial charge in [-0.25, -0.2) is 13.1 Å². The Bertz CT molecular complexity index is 519. The van der Waals surface area contributed by atoms with Crippen LogP contribution in [0.2, 0.25) is 0 Å². The summed E-state index contributed by atoms with van der Waals surface area (Å²) in [6, 6.07) is 1.77. The molecule has 0 saturated heterocycles. The third kappa shape index (κ3) is 4.27. The zero-order valence-electron chi connectivity index (χ0n) is 11.5. The van der Waals surface area contributed by atoms with Gasteiger partial charge < -0.3 is 5.32 Å². The van der Waals surface area contributed by atoms with E-state index in [-0.39, 0.29) is 0 Å². The van der Waals surface area contributed by atoms with Crippen LogP contribution in [0.4, 0.5) is 0 Å². The van der Waals surface area contributed by atoms with Gasteiger partial charge in [0.15, 0.2) is 0 Å². The molecule has 2 rings (SSSR count). The van der Waals surface area contributed by atoms with Crippen molar-refractivity contribution in [2.45, 2.75) is 43.9 Å². The monoisotopic (exact) mass is 302 g/mol. The molecule has 1 aliphatic rings. The van der Waals surface area contributed by atoms with Gasteiger partial charge in [0.2, 0.25) is 10.0 Å².